The van der Waals surface area contributed by atoms with E-state index in [4.69, 9.17) is 5.73 Å². The van der Waals surface area contributed by atoms with Gasteiger partial charge in [-0.05, 0) is 23.6 Å². The van der Waals surface area contributed by atoms with Gasteiger partial charge >= 0.3 is 0 Å². The maximum absolute atomic E-state index is 11.8. The topological polar surface area (TPSA) is 68.0 Å². The van der Waals surface area contributed by atoms with Gasteiger partial charge in [0.2, 0.25) is 5.91 Å². The summed E-state index contributed by atoms with van der Waals surface area (Å²) < 4.78 is 0. The van der Waals surface area contributed by atoms with E-state index in [9.17, 15) is 4.79 Å². The number of carbonyl (C=O) groups excluding carboxylic acids is 1. The van der Waals surface area contributed by atoms with Crippen molar-refractivity contribution in [2.75, 3.05) is 6.54 Å². The van der Waals surface area contributed by atoms with Gasteiger partial charge in [-0.15, -0.1) is 0 Å². The number of carbonyl (C=O) groups is 1. The minimum Gasteiger partial charge on any atom is -0.356 e. The van der Waals surface area contributed by atoms with Gasteiger partial charge in [0.1, 0.15) is 0 Å². The van der Waals surface area contributed by atoms with Crippen molar-refractivity contribution in [1.29, 1.82) is 0 Å². The third-order valence-corrected chi connectivity index (χ3v) is 3.09. The Morgan fingerprint density at radius 2 is 2.00 bits per heavy atom. The molecule has 104 valence electrons. The summed E-state index contributed by atoms with van der Waals surface area (Å²) in [4.78, 5) is 15.7. The molecule has 0 aliphatic rings. The Morgan fingerprint density at radius 3 is 2.70 bits per heavy atom. The Kier molecular flexibility index (Phi) is 5.26. The van der Waals surface area contributed by atoms with Gasteiger partial charge in [0, 0.05) is 25.0 Å². The van der Waals surface area contributed by atoms with E-state index < -0.39 is 0 Å². The highest BCUT2D eigenvalue weighted by Gasteiger charge is 2.07. The molecule has 1 aromatic carbocycles. The molecule has 4 heteroatoms. The zero-order valence-corrected chi connectivity index (χ0v) is 11.3. The molecule has 0 saturated heterocycles. The molecule has 1 atom stereocenters. The second-order valence-corrected chi connectivity index (χ2v) is 4.69. The van der Waals surface area contributed by atoms with Gasteiger partial charge in [-0.3, -0.25) is 9.78 Å². The van der Waals surface area contributed by atoms with Crippen molar-refractivity contribution >= 4 is 5.91 Å². The largest absolute Gasteiger partial charge is 0.356 e. The molecule has 0 aliphatic carbocycles. The van der Waals surface area contributed by atoms with Gasteiger partial charge < -0.3 is 11.1 Å². The first kappa shape index (κ1) is 14.2. The number of amides is 1. The summed E-state index contributed by atoms with van der Waals surface area (Å²) >= 11 is 0. The second-order valence-electron chi connectivity index (χ2n) is 4.69. The van der Waals surface area contributed by atoms with Crippen LogP contribution in [0.2, 0.25) is 0 Å². The van der Waals surface area contributed by atoms with Crippen LogP contribution in [0.25, 0.3) is 0 Å². The Balaban J connectivity index is 1.72. The number of nitrogens with zero attached hydrogens (tertiary/aromatic N) is 1. The lowest BCUT2D eigenvalue weighted by Gasteiger charge is -2.12. The second kappa shape index (κ2) is 7.40. The fourth-order valence-corrected chi connectivity index (χ4v) is 1.98. The highest BCUT2D eigenvalue weighted by molar-refractivity contribution is 5.78. The summed E-state index contributed by atoms with van der Waals surface area (Å²) in [5.41, 5.74) is 8.08. The van der Waals surface area contributed by atoms with E-state index in [1.54, 1.807) is 12.4 Å². The summed E-state index contributed by atoms with van der Waals surface area (Å²) in [6, 6.07) is 13.6. The molecule has 0 spiro atoms. The number of benzene rings is 1. The summed E-state index contributed by atoms with van der Waals surface area (Å²) in [5.74, 6) is -0.00161. The lowest BCUT2D eigenvalue weighted by Crippen LogP contribution is -2.28. The maximum Gasteiger partial charge on any atom is 0.224 e. The van der Waals surface area contributed by atoms with Crippen molar-refractivity contribution < 1.29 is 4.79 Å². The van der Waals surface area contributed by atoms with Crippen LogP contribution in [0, 0.1) is 0 Å². The van der Waals surface area contributed by atoms with E-state index in [0.717, 1.165) is 17.5 Å². The van der Waals surface area contributed by atoms with E-state index in [2.05, 4.69) is 10.3 Å². The first-order valence-corrected chi connectivity index (χ1v) is 6.72. The molecular formula is C16H19N3O. The minimum atomic E-state index is -0.0464. The van der Waals surface area contributed by atoms with Crippen molar-refractivity contribution in [2.45, 2.75) is 18.9 Å². The van der Waals surface area contributed by atoms with Crippen LogP contribution < -0.4 is 11.1 Å². The van der Waals surface area contributed by atoms with Crippen LogP contribution in [0.15, 0.2) is 54.9 Å². The van der Waals surface area contributed by atoms with Crippen LogP contribution in [0.5, 0.6) is 0 Å². The molecule has 1 aromatic heterocycles. The number of aromatic nitrogens is 1. The summed E-state index contributed by atoms with van der Waals surface area (Å²) in [6.45, 7) is 0.579. The molecule has 4 nitrogen and oxygen atoms in total. The smallest absolute Gasteiger partial charge is 0.224 e. The summed E-state index contributed by atoms with van der Waals surface area (Å²) in [6.07, 6.45) is 4.48. The maximum atomic E-state index is 11.8. The molecule has 3 N–H and O–H groups in total. The van der Waals surface area contributed by atoms with Crippen molar-refractivity contribution in [3.8, 4) is 0 Å². The fourth-order valence-electron chi connectivity index (χ4n) is 1.98. The van der Waals surface area contributed by atoms with Gasteiger partial charge in [0.05, 0.1) is 6.42 Å². The molecule has 1 unspecified atom stereocenters. The zero-order chi connectivity index (χ0) is 14.2. The number of rotatable bonds is 6. The van der Waals surface area contributed by atoms with Crippen molar-refractivity contribution in [3.05, 3.63) is 66.0 Å². The molecule has 0 bridgehead atoms. The normalized spacial score (nSPS) is 11.8. The number of nitrogens with two attached hydrogens (primary N) is 1. The highest BCUT2D eigenvalue weighted by Crippen LogP contribution is 2.12. The Hall–Kier alpha value is -2.20. The third kappa shape index (κ3) is 4.48. The molecular weight excluding hydrogens is 250 g/mol. The van der Waals surface area contributed by atoms with E-state index in [0.29, 0.717) is 13.0 Å². The molecule has 1 heterocycles. The standard InChI is InChI=1S/C16H19N3O/c17-15(14-6-2-1-3-7-14)8-10-19-16(20)11-13-5-4-9-18-12-13/h1-7,9,12,15H,8,10-11,17H2,(H,19,20). The van der Waals surface area contributed by atoms with Crippen molar-refractivity contribution in [2.24, 2.45) is 5.73 Å². The molecule has 1 amide bonds. The number of hydrogen-bond acceptors (Lipinski definition) is 3. The van der Waals surface area contributed by atoms with Crippen LogP contribution in [-0.4, -0.2) is 17.4 Å². The SMILES string of the molecule is NC(CCNC(=O)Cc1cccnc1)c1ccccc1. The van der Waals surface area contributed by atoms with Crippen molar-refractivity contribution in [3.63, 3.8) is 0 Å². The van der Waals surface area contributed by atoms with Gasteiger partial charge in [-0.2, -0.15) is 0 Å². The summed E-state index contributed by atoms with van der Waals surface area (Å²) in [7, 11) is 0. The van der Waals surface area contributed by atoms with Gasteiger partial charge in [0.15, 0.2) is 0 Å². The van der Waals surface area contributed by atoms with E-state index >= 15 is 0 Å². The molecule has 2 aromatic rings. The zero-order valence-electron chi connectivity index (χ0n) is 11.3. The quantitative estimate of drug-likeness (QED) is 0.840. The van der Waals surface area contributed by atoms with Crippen molar-refractivity contribution in [1.82, 2.24) is 10.3 Å². The predicted molar refractivity (Wildman–Crippen MR) is 78.9 cm³/mol. The van der Waals surface area contributed by atoms with Gasteiger partial charge in [0.25, 0.3) is 0 Å². The average molecular weight is 269 g/mol. The molecule has 0 saturated carbocycles. The van der Waals surface area contributed by atoms with Crippen LogP contribution >= 0.6 is 0 Å². The first-order valence-electron chi connectivity index (χ1n) is 6.72. The van der Waals surface area contributed by atoms with E-state index in [-0.39, 0.29) is 11.9 Å². The molecule has 0 aliphatic heterocycles. The third-order valence-electron chi connectivity index (χ3n) is 3.09. The monoisotopic (exact) mass is 269 g/mol. The lowest BCUT2D eigenvalue weighted by molar-refractivity contribution is -0.120. The highest BCUT2D eigenvalue weighted by atomic mass is 16.1. The number of pyridine rings is 1. The fraction of sp³-hybridized carbons (Fsp3) is 0.250. The predicted octanol–water partition coefficient (Wildman–Crippen LogP) is 1.83. The number of hydrogen-bond donors (Lipinski definition) is 2. The van der Waals surface area contributed by atoms with Gasteiger partial charge in [-0.25, -0.2) is 0 Å². The molecule has 0 radical (unpaired) electrons. The minimum absolute atomic E-state index is 0.00161. The van der Waals surface area contributed by atoms with Crippen LogP contribution in [-0.2, 0) is 11.2 Å². The Bertz CT molecular complexity index is 528. The first-order chi connectivity index (χ1) is 9.75. The summed E-state index contributed by atoms with van der Waals surface area (Å²) in [5, 5.41) is 2.89. The number of nitrogens with one attached hydrogen (secondary N) is 1. The average Bonchev–Trinajstić information content (AvgIpc) is 2.49. The van der Waals surface area contributed by atoms with Crippen LogP contribution in [0.1, 0.15) is 23.6 Å². The van der Waals surface area contributed by atoms with Crippen LogP contribution in [0.3, 0.4) is 0 Å². The molecule has 0 fully saturated rings. The Labute approximate surface area is 119 Å². The Morgan fingerprint density at radius 1 is 1.20 bits per heavy atom. The van der Waals surface area contributed by atoms with Crippen LogP contribution in [0.4, 0.5) is 0 Å². The molecule has 2 rings (SSSR count). The van der Waals surface area contributed by atoms with E-state index in [1.165, 1.54) is 0 Å². The van der Waals surface area contributed by atoms with Gasteiger partial charge in [-0.1, -0.05) is 36.4 Å². The lowest BCUT2D eigenvalue weighted by atomic mass is 10.1. The van der Waals surface area contributed by atoms with E-state index in [1.807, 2.05) is 42.5 Å². The molecule has 20 heavy (non-hydrogen) atoms.